The van der Waals surface area contributed by atoms with Crippen molar-refractivity contribution in [3.8, 4) is 0 Å². The van der Waals surface area contributed by atoms with Gasteiger partial charge in [0, 0.05) is 6.08 Å². The summed E-state index contributed by atoms with van der Waals surface area (Å²) in [4.78, 5) is 21.7. The molecule has 0 saturated heterocycles. The summed E-state index contributed by atoms with van der Waals surface area (Å²) in [5.41, 5.74) is 0. The Morgan fingerprint density at radius 3 is 2.42 bits per heavy atom. The Morgan fingerprint density at radius 2 is 1.89 bits per heavy atom. The average Bonchev–Trinajstić information content (AvgIpc) is 2.26. The fourth-order valence-electron chi connectivity index (χ4n) is 2.57. The van der Waals surface area contributed by atoms with E-state index < -0.39 is 11.9 Å². The van der Waals surface area contributed by atoms with Gasteiger partial charge in [-0.1, -0.05) is 27.2 Å². The summed E-state index contributed by atoms with van der Waals surface area (Å²) in [7, 11) is 0. The molecule has 0 N–H and O–H groups in total. The number of carbonyl (C=O) groups excluding carboxylic acids is 2. The van der Waals surface area contributed by atoms with Gasteiger partial charge in [-0.05, 0) is 36.7 Å². The minimum absolute atomic E-state index is 0. The van der Waals surface area contributed by atoms with Gasteiger partial charge in [0.1, 0.15) is 6.10 Å². The maximum atomic E-state index is 11.5. The Hall–Kier alpha value is -0.320. The van der Waals surface area contributed by atoms with E-state index in [4.69, 9.17) is 4.74 Å². The monoisotopic (exact) mass is 276 g/mol. The van der Waals surface area contributed by atoms with E-state index >= 15 is 0 Å². The van der Waals surface area contributed by atoms with Gasteiger partial charge in [-0.15, -0.1) is 0 Å². The van der Waals surface area contributed by atoms with Crippen molar-refractivity contribution < 1.29 is 49.0 Å². The molecular formula is C14H21NaO4. The topological polar surface area (TPSA) is 66.4 Å². The van der Waals surface area contributed by atoms with Crippen LogP contribution in [0.4, 0.5) is 0 Å². The van der Waals surface area contributed by atoms with Crippen LogP contribution in [-0.2, 0) is 14.3 Å². The number of esters is 1. The number of carboxylic acids is 1. The Balaban J connectivity index is 0.00000324. The molecule has 0 aromatic rings. The van der Waals surface area contributed by atoms with E-state index in [2.05, 4.69) is 20.8 Å². The molecule has 1 aliphatic carbocycles. The predicted molar refractivity (Wildman–Crippen MR) is 65.4 cm³/mol. The third-order valence-electron chi connectivity index (χ3n) is 3.58. The van der Waals surface area contributed by atoms with Crippen LogP contribution in [0, 0.1) is 17.8 Å². The van der Waals surface area contributed by atoms with Gasteiger partial charge in [-0.2, -0.15) is 0 Å². The predicted octanol–water partition coefficient (Wildman–Crippen LogP) is -1.70. The number of aliphatic carboxylic acids is 1. The van der Waals surface area contributed by atoms with Crippen LogP contribution >= 0.6 is 0 Å². The number of rotatable bonds is 4. The number of hydrogen-bond donors (Lipinski definition) is 0. The van der Waals surface area contributed by atoms with Crippen LogP contribution in [0.25, 0.3) is 0 Å². The number of carbonyl (C=O) groups is 2. The summed E-state index contributed by atoms with van der Waals surface area (Å²) in [5.74, 6) is -0.613. The number of carboxylic acid groups (broad SMARTS) is 1. The molecule has 102 valence electrons. The largest absolute Gasteiger partial charge is 1.00 e. The van der Waals surface area contributed by atoms with Crippen LogP contribution in [0.1, 0.15) is 40.0 Å². The minimum Gasteiger partial charge on any atom is -0.545 e. The molecule has 1 fully saturated rings. The zero-order valence-electron chi connectivity index (χ0n) is 12.2. The first-order chi connectivity index (χ1) is 8.40. The third kappa shape index (κ3) is 6.59. The standard InChI is InChI=1S/C14H22O4.Na/c1-9(2)11-5-4-10(3)8-12(11)18-14(17)7-6-13(15)16;/h6-7,9-12H,4-5,8H2,1-3H3,(H,15,16);/q;+1/p-1/b7-6-;. The first kappa shape index (κ1) is 18.7. The second-order valence-corrected chi connectivity index (χ2v) is 5.45. The van der Waals surface area contributed by atoms with Crippen LogP contribution in [0.5, 0.6) is 0 Å². The molecule has 4 nitrogen and oxygen atoms in total. The maximum Gasteiger partial charge on any atom is 1.00 e. The molecule has 0 aromatic heterocycles. The van der Waals surface area contributed by atoms with Crippen molar-refractivity contribution >= 4 is 11.9 Å². The first-order valence-electron chi connectivity index (χ1n) is 6.49. The Bertz CT molecular complexity index is 338. The molecule has 0 spiro atoms. The zero-order valence-corrected chi connectivity index (χ0v) is 14.2. The SMILES string of the molecule is CC1CCC(C(C)C)C(OC(=O)/C=C\C(=O)[O-])C1.[Na+]. The molecule has 0 aliphatic heterocycles. The Labute approximate surface area is 136 Å². The third-order valence-corrected chi connectivity index (χ3v) is 3.58. The quantitative estimate of drug-likeness (QED) is 0.349. The molecular weight excluding hydrogens is 255 g/mol. The second-order valence-electron chi connectivity index (χ2n) is 5.45. The van der Waals surface area contributed by atoms with Crippen LogP contribution in [0.3, 0.4) is 0 Å². The second kappa shape index (κ2) is 8.77. The van der Waals surface area contributed by atoms with Crippen LogP contribution < -0.4 is 34.7 Å². The van der Waals surface area contributed by atoms with Crippen molar-refractivity contribution in [2.24, 2.45) is 17.8 Å². The number of hydrogen-bond acceptors (Lipinski definition) is 4. The van der Waals surface area contributed by atoms with E-state index in [1.165, 1.54) is 0 Å². The van der Waals surface area contributed by atoms with E-state index in [1.54, 1.807) is 0 Å². The molecule has 19 heavy (non-hydrogen) atoms. The van der Waals surface area contributed by atoms with E-state index in [0.717, 1.165) is 25.3 Å². The van der Waals surface area contributed by atoms with Gasteiger partial charge in [-0.25, -0.2) is 4.79 Å². The van der Waals surface area contributed by atoms with Crippen LogP contribution in [-0.4, -0.2) is 18.0 Å². The molecule has 0 radical (unpaired) electrons. The summed E-state index contributed by atoms with van der Waals surface area (Å²) in [5, 5.41) is 10.2. The fourth-order valence-corrected chi connectivity index (χ4v) is 2.57. The normalized spacial score (nSPS) is 27.1. The van der Waals surface area contributed by atoms with Crippen LogP contribution in [0.2, 0.25) is 0 Å². The smallest absolute Gasteiger partial charge is 0.545 e. The van der Waals surface area contributed by atoms with Gasteiger partial charge in [0.15, 0.2) is 0 Å². The minimum atomic E-state index is -1.38. The molecule has 0 aromatic carbocycles. The molecule has 1 saturated carbocycles. The van der Waals surface area contributed by atoms with E-state index in [-0.39, 0.29) is 35.7 Å². The summed E-state index contributed by atoms with van der Waals surface area (Å²) in [6.45, 7) is 6.39. The van der Waals surface area contributed by atoms with E-state index in [1.807, 2.05) is 0 Å². The van der Waals surface area contributed by atoms with Crippen molar-refractivity contribution in [3.63, 3.8) is 0 Å². The summed E-state index contributed by atoms with van der Waals surface area (Å²) in [6.07, 6.45) is 4.60. The first-order valence-corrected chi connectivity index (χ1v) is 6.49. The molecule has 5 heteroatoms. The van der Waals surface area contributed by atoms with Crippen molar-refractivity contribution in [2.75, 3.05) is 0 Å². The molecule has 1 rings (SSSR count). The molecule has 0 heterocycles. The van der Waals surface area contributed by atoms with Gasteiger partial charge in [-0.3, -0.25) is 0 Å². The number of ether oxygens (including phenoxy) is 1. The van der Waals surface area contributed by atoms with Gasteiger partial charge in [0.25, 0.3) is 0 Å². The summed E-state index contributed by atoms with van der Waals surface area (Å²) in [6, 6.07) is 0. The summed E-state index contributed by atoms with van der Waals surface area (Å²) < 4.78 is 5.37. The molecule has 0 bridgehead atoms. The van der Waals surface area contributed by atoms with E-state index in [9.17, 15) is 14.7 Å². The maximum absolute atomic E-state index is 11.5. The Kier molecular flexibility index (Phi) is 8.62. The average molecular weight is 276 g/mol. The summed E-state index contributed by atoms with van der Waals surface area (Å²) >= 11 is 0. The van der Waals surface area contributed by atoms with Crippen molar-refractivity contribution in [2.45, 2.75) is 46.1 Å². The van der Waals surface area contributed by atoms with Gasteiger partial charge < -0.3 is 14.6 Å². The molecule has 3 unspecified atom stereocenters. The van der Waals surface area contributed by atoms with Crippen molar-refractivity contribution in [1.82, 2.24) is 0 Å². The van der Waals surface area contributed by atoms with Gasteiger partial charge in [0.05, 0.1) is 5.97 Å². The van der Waals surface area contributed by atoms with Gasteiger partial charge in [0.2, 0.25) is 0 Å². The van der Waals surface area contributed by atoms with Crippen LogP contribution in [0.15, 0.2) is 12.2 Å². The molecule has 3 atom stereocenters. The van der Waals surface area contributed by atoms with Crippen molar-refractivity contribution in [3.05, 3.63) is 12.2 Å². The molecule has 1 aliphatic rings. The van der Waals surface area contributed by atoms with Crippen molar-refractivity contribution in [1.29, 1.82) is 0 Å². The fraction of sp³-hybridized carbons (Fsp3) is 0.714. The Morgan fingerprint density at radius 1 is 1.26 bits per heavy atom. The molecule has 0 amide bonds. The van der Waals surface area contributed by atoms with Gasteiger partial charge >= 0.3 is 35.5 Å². The zero-order chi connectivity index (χ0) is 13.7. The van der Waals surface area contributed by atoms with E-state index in [0.29, 0.717) is 23.8 Å².